The fraction of sp³-hybridized carbons (Fsp3) is 0.727. The highest BCUT2D eigenvalue weighted by molar-refractivity contribution is 7.60. The van der Waals surface area contributed by atoms with Gasteiger partial charge in [0.15, 0.2) is 11.9 Å². The van der Waals surface area contributed by atoms with Crippen LogP contribution in [0.25, 0.3) is 0 Å². The second-order valence-corrected chi connectivity index (χ2v) is 11.4. The highest BCUT2D eigenvalue weighted by Gasteiger charge is 2.41. The van der Waals surface area contributed by atoms with Crippen molar-refractivity contribution in [1.29, 1.82) is 0 Å². The van der Waals surface area contributed by atoms with Crippen LogP contribution in [0.3, 0.4) is 0 Å². The third-order valence-electron chi connectivity index (χ3n) is 4.94. The fourth-order valence-corrected chi connectivity index (χ4v) is 4.77. The van der Waals surface area contributed by atoms with Gasteiger partial charge in [-0.3, -0.25) is 4.52 Å². The van der Waals surface area contributed by atoms with Crippen LogP contribution in [-0.2, 0) is 10.8 Å². The quantitative estimate of drug-likeness (QED) is 0.496. The van der Waals surface area contributed by atoms with Gasteiger partial charge in [0.05, 0.1) is 0 Å². The first-order chi connectivity index (χ1) is 11.8. The van der Waals surface area contributed by atoms with Crippen LogP contribution in [0.15, 0.2) is 18.2 Å². The smallest absolute Gasteiger partial charge is 0.287 e. The molecule has 0 aromatic heterocycles. The number of rotatable bonds is 8. The number of benzene rings is 1. The lowest BCUT2D eigenvalue weighted by atomic mass is 9.80. The first-order valence-electron chi connectivity index (χ1n) is 9.98. The Bertz CT molecular complexity index is 568. The summed E-state index contributed by atoms with van der Waals surface area (Å²) in [5, 5.41) is 0. The minimum atomic E-state index is -3.43. The van der Waals surface area contributed by atoms with Crippen molar-refractivity contribution in [1.82, 2.24) is 0 Å². The summed E-state index contributed by atoms with van der Waals surface area (Å²) in [4.78, 5) is 21.3. The second-order valence-electron chi connectivity index (χ2n) is 9.57. The molecule has 0 aliphatic rings. The molecule has 0 saturated heterocycles. The van der Waals surface area contributed by atoms with Gasteiger partial charge in [-0.25, -0.2) is 0 Å². The van der Waals surface area contributed by atoms with E-state index in [1.54, 1.807) is 0 Å². The molecule has 150 valence electrons. The summed E-state index contributed by atoms with van der Waals surface area (Å²) in [5.41, 5.74) is 2.16. The number of hydrogen-bond acceptors (Lipinski definition) is 3. The van der Waals surface area contributed by atoms with E-state index in [0.717, 1.165) is 31.2 Å². The highest BCUT2D eigenvalue weighted by Crippen LogP contribution is 2.55. The zero-order valence-electron chi connectivity index (χ0n) is 18.1. The Balaban J connectivity index is 3.10. The molecule has 0 saturated carbocycles. The van der Waals surface area contributed by atoms with Crippen molar-refractivity contribution in [2.45, 2.75) is 91.9 Å². The molecule has 1 atom stereocenters. The van der Waals surface area contributed by atoms with Crippen LogP contribution in [0.5, 0.6) is 5.75 Å². The molecule has 0 heterocycles. The van der Waals surface area contributed by atoms with Gasteiger partial charge in [0.2, 0.25) is 0 Å². The van der Waals surface area contributed by atoms with Gasteiger partial charge in [0, 0.05) is 11.5 Å². The zero-order valence-corrected chi connectivity index (χ0v) is 19.0. The summed E-state index contributed by atoms with van der Waals surface area (Å²) in [5.74, 6) is 0.902. The third-order valence-corrected chi connectivity index (χ3v) is 6.42. The van der Waals surface area contributed by atoms with E-state index < -0.39 is 7.94 Å². The predicted octanol–water partition coefficient (Wildman–Crippen LogP) is 6.62. The maximum atomic E-state index is 10.6. The lowest BCUT2D eigenvalue weighted by Crippen LogP contribution is -2.19. The maximum Gasteiger partial charge on any atom is 0.452 e. The summed E-state index contributed by atoms with van der Waals surface area (Å²) >= 11 is 0. The molecular weight excluding hydrogens is 343 g/mol. The van der Waals surface area contributed by atoms with Crippen molar-refractivity contribution in [3.05, 3.63) is 29.3 Å². The summed E-state index contributed by atoms with van der Waals surface area (Å²) in [6.07, 6.45) is 4.55. The third kappa shape index (κ3) is 7.18. The van der Waals surface area contributed by atoms with Crippen LogP contribution in [0, 0.1) is 5.92 Å². The van der Waals surface area contributed by atoms with Gasteiger partial charge in [0.25, 0.3) is 0 Å². The monoisotopic (exact) mass is 383 g/mol. The van der Waals surface area contributed by atoms with Crippen LogP contribution >= 0.6 is 7.94 Å². The Kier molecular flexibility index (Phi) is 8.14. The first kappa shape index (κ1) is 23.4. The average molecular weight is 384 g/mol. The van der Waals surface area contributed by atoms with Crippen molar-refractivity contribution < 1.29 is 14.3 Å². The molecule has 1 aromatic rings. The Morgan fingerprint density at radius 1 is 1.00 bits per heavy atom. The van der Waals surface area contributed by atoms with Crippen LogP contribution < -0.4 is 4.52 Å². The molecular formula is C22H40O3P+. The Morgan fingerprint density at radius 2 is 1.62 bits per heavy atom. The van der Waals surface area contributed by atoms with E-state index in [9.17, 15) is 9.79 Å². The standard InChI is InChI=1S/C22H40O3P/c1-9-11-12-17(10-2)16-26(23,24)25-20-14-13-18(21(3,4)5)15-19(20)22(6,7)8/h13-15,17,23-24H,9-12,16H2,1-8H3/q+1. The van der Waals surface area contributed by atoms with E-state index in [0.29, 0.717) is 17.8 Å². The van der Waals surface area contributed by atoms with E-state index in [4.69, 9.17) is 4.52 Å². The van der Waals surface area contributed by atoms with Crippen LogP contribution in [0.2, 0.25) is 0 Å². The summed E-state index contributed by atoms with van der Waals surface area (Å²) in [6, 6.07) is 6.11. The van der Waals surface area contributed by atoms with Gasteiger partial charge < -0.3 is 0 Å². The van der Waals surface area contributed by atoms with Gasteiger partial charge in [-0.1, -0.05) is 80.4 Å². The van der Waals surface area contributed by atoms with E-state index in [2.05, 4.69) is 61.5 Å². The van der Waals surface area contributed by atoms with Crippen LogP contribution in [0.1, 0.15) is 92.2 Å². The van der Waals surface area contributed by atoms with E-state index >= 15 is 0 Å². The second kappa shape index (κ2) is 9.04. The zero-order chi connectivity index (χ0) is 20.2. The van der Waals surface area contributed by atoms with Gasteiger partial charge in [-0.05, 0) is 35.3 Å². The van der Waals surface area contributed by atoms with E-state index in [-0.39, 0.29) is 10.8 Å². The van der Waals surface area contributed by atoms with Crippen LogP contribution in [0.4, 0.5) is 0 Å². The van der Waals surface area contributed by atoms with Gasteiger partial charge in [0.1, 0.15) is 0 Å². The molecule has 4 heteroatoms. The molecule has 0 aliphatic heterocycles. The van der Waals surface area contributed by atoms with Crippen molar-refractivity contribution in [2.75, 3.05) is 6.16 Å². The largest absolute Gasteiger partial charge is 0.452 e. The van der Waals surface area contributed by atoms with E-state index in [1.165, 1.54) is 5.56 Å². The lowest BCUT2D eigenvalue weighted by Gasteiger charge is -2.27. The Hall–Kier alpha value is -0.630. The summed E-state index contributed by atoms with van der Waals surface area (Å²) < 4.78 is 5.86. The van der Waals surface area contributed by atoms with Crippen molar-refractivity contribution in [3.63, 3.8) is 0 Å². The highest BCUT2D eigenvalue weighted by atomic mass is 31.2. The van der Waals surface area contributed by atoms with Crippen molar-refractivity contribution >= 4 is 7.94 Å². The molecule has 0 spiro atoms. The molecule has 26 heavy (non-hydrogen) atoms. The van der Waals surface area contributed by atoms with Crippen molar-refractivity contribution in [2.24, 2.45) is 5.92 Å². The Morgan fingerprint density at radius 3 is 2.08 bits per heavy atom. The normalized spacial score (nSPS) is 14.4. The summed E-state index contributed by atoms with van der Waals surface area (Å²) in [7, 11) is -3.43. The predicted molar refractivity (Wildman–Crippen MR) is 114 cm³/mol. The SMILES string of the molecule is CCCCC(CC)C[P+](O)(O)Oc1ccc(C(C)(C)C)cc1C(C)(C)C. The van der Waals surface area contributed by atoms with Gasteiger partial charge >= 0.3 is 7.94 Å². The average Bonchev–Trinajstić information content (AvgIpc) is 2.49. The topological polar surface area (TPSA) is 49.7 Å². The fourth-order valence-electron chi connectivity index (χ4n) is 3.11. The minimum Gasteiger partial charge on any atom is -0.287 e. The molecule has 0 amide bonds. The molecule has 2 N–H and O–H groups in total. The summed E-state index contributed by atoms with van der Waals surface area (Å²) in [6.45, 7) is 17.2. The molecule has 0 fully saturated rings. The minimum absolute atomic E-state index is 0.0383. The van der Waals surface area contributed by atoms with Crippen LogP contribution in [-0.4, -0.2) is 15.9 Å². The molecule has 0 aliphatic carbocycles. The van der Waals surface area contributed by atoms with Gasteiger partial charge in [-0.15, -0.1) is 0 Å². The number of hydrogen-bond donors (Lipinski definition) is 2. The molecule has 1 rings (SSSR count). The van der Waals surface area contributed by atoms with Gasteiger partial charge in [-0.2, -0.15) is 9.79 Å². The molecule has 0 radical (unpaired) electrons. The van der Waals surface area contributed by atoms with E-state index in [1.807, 2.05) is 12.1 Å². The first-order valence-corrected chi connectivity index (χ1v) is 11.8. The van der Waals surface area contributed by atoms with Crippen molar-refractivity contribution in [3.8, 4) is 5.75 Å². The molecule has 1 unspecified atom stereocenters. The lowest BCUT2D eigenvalue weighted by molar-refractivity contribution is 0.318. The molecule has 3 nitrogen and oxygen atoms in total. The molecule has 0 bridgehead atoms. The Labute approximate surface area is 161 Å². The molecule has 1 aromatic carbocycles. The number of unbranched alkanes of at least 4 members (excludes halogenated alkanes) is 1. The maximum absolute atomic E-state index is 10.6.